The van der Waals surface area contributed by atoms with E-state index < -0.39 is 0 Å². The van der Waals surface area contributed by atoms with Crippen molar-refractivity contribution >= 4 is 13.4 Å². The Kier molecular flexibility index (Phi) is 4.07. The maximum absolute atomic E-state index is 2.37. The van der Waals surface area contributed by atoms with Gasteiger partial charge in [-0.05, 0) is 73.1 Å². The number of benzene rings is 2. The third-order valence-corrected chi connectivity index (χ3v) is 4.65. The molecule has 0 N–H and O–H groups in total. The Labute approximate surface area is 135 Å². The Bertz CT molecular complexity index is 778. The van der Waals surface area contributed by atoms with E-state index in [-0.39, 0.29) is 0 Å². The quantitative estimate of drug-likeness (QED) is 0.683. The van der Waals surface area contributed by atoms with Crippen molar-refractivity contribution in [2.45, 2.75) is 33.6 Å². The zero-order chi connectivity index (χ0) is 15.7. The van der Waals surface area contributed by atoms with E-state index in [1.807, 2.05) is 0 Å². The maximum Gasteiger partial charge on any atom is 0.133 e. The van der Waals surface area contributed by atoms with Crippen LogP contribution in [0, 0.1) is 20.8 Å². The summed E-state index contributed by atoms with van der Waals surface area (Å²) < 4.78 is 0. The van der Waals surface area contributed by atoms with Gasteiger partial charge in [-0.2, -0.15) is 0 Å². The average Bonchev–Trinajstić information content (AvgIpc) is 2.51. The molecule has 0 spiro atoms. The molecular formula is C21H23B. The topological polar surface area (TPSA) is 0 Å². The summed E-state index contributed by atoms with van der Waals surface area (Å²) in [5.74, 6) is 0. The fourth-order valence-electron chi connectivity index (χ4n) is 3.12. The van der Waals surface area contributed by atoms with Crippen LogP contribution in [-0.2, 0) is 0 Å². The Morgan fingerprint density at radius 2 is 1.45 bits per heavy atom. The predicted molar refractivity (Wildman–Crippen MR) is 99.9 cm³/mol. The van der Waals surface area contributed by atoms with Gasteiger partial charge in [-0.3, -0.25) is 0 Å². The standard InChI is InChI=1S/C21H23B/c1-14-4-5-15(2)20(12-14)21-13-18(7-6-16(21)3)17-8-10-19(22)11-9-17/h4-8,10,12-13H,9,11,22H2,1-3H3. The molecule has 0 fully saturated rings. The van der Waals surface area contributed by atoms with Gasteiger partial charge in [-0.15, -0.1) is 5.47 Å². The largest absolute Gasteiger partial charge is 0.133 e. The van der Waals surface area contributed by atoms with Gasteiger partial charge in [-0.25, -0.2) is 0 Å². The number of hydrogen-bond donors (Lipinski definition) is 0. The summed E-state index contributed by atoms with van der Waals surface area (Å²) in [7, 11) is 2.21. The summed E-state index contributed by atoms with van der Waals surface area (Å²) in [6.45, 7) is 6.58. The summed E-state index contributed by atoms with van der Waals surface area (Å²) in [5, 5.41) is 0. The van der Waals surface area contributed by atoms with Crippen molar-refractivity contribution in [3.05, 3.63) is 76.3 Å². The minimum Gasteiger partial charge on any atom is -0.110 e. The molecule has 0 aromatic heterocycles. The van der Waals surface area contributed by atoms with Crippen molar-refractivity contribution in [2.24, 2.45) is 0 Å². The van der Waals surface area contributed by atoms with Gasteiger partial charge >= 0.3 is 0 Å². The van der Waals surface area contributed by atoms with E-state index in [0.717, 1.165) is 6.42 Å². The first-order chi connectivity index (χ1) is 10.5. The van der Waals surface area contributed by atoms with Crippen molar-refractivity contribution in [3.8, 4) is 11.1 Å². The van der Waals surface area contributed by atoms with Gasteiger partial charge in [0.15, 0.2) is 0 Å². The van der Waals surface area contributed by atoms with Crippen LogP contribution in [0.4, 0.5) is 0 Å². The highest BCUT2D eigenvalue weighted by atomic mass is 14.1. The third-order valence-electron chi connectivity index (χ3n) is 4.65. The number of hydrogen-bond acceptors (Lipinski definition) is 0. The highest BCUT2D eigenvalue weighted by Gasteiger charge is 2.10. The fourth-order valence-corrected chi connectivity index (χ4v) is 3.12. The first kappa shape index (κ1) is 14.9. The van der Waals surface area contributed by atoms with Crippen molar-refractivity contribution in [1.82, 2.24) is 0 Å². The molecule has 0 amide bonds. The van der Waals surface area contributed by atoms with Gasteiger partial charge in [0.25, 0.3) is 0 Å². The minimum absolute atomic E-state index is 1.15. The molecule has 0 atom stereocenters. The van der Waals surface area contributed by atoms with Crippen molar-refractivity contribution in [2.75, 3.05) is 0 Å². The van der Waals surface area contributed by atoms with Gasteiger partial charge in [0.05, 0.1) is 0 Å². The summed E-state index contributed by atoms with van der Waals surface area (Å²) >= 11 is 0. The lowest BCUT2D eigenvalue weighted by atomic mass is 9.83. The molecule has 3 rings (SSSR count). The van der Waals surface area contributed by atoms with Crippen LogP contribution in [0.3, 0.4) is 0 Å². The normalized spacial score (nSPS) is 14.5. The molecule has 2 aromatic rings. The third kappa shape index (κ3) is 2.94. The number of allylic oxidation sites excluding steroid dienone is 4. The van der Waals surface area contributed by atoms with Crippen LogP contribution in [0.2, 0.25) is 0 Å². The Morgan fingerprint density at radius 1 is 0.773 bits per heavy atom. The summed E-state index contributed by atoms with van der Waals surface area (Å²) in [6, 6.07) is 13.6. The second-order valence-corrected chi connectivity index (χ2v) is 6.55. The SMILES string of the molecule is BC1=CC=C(c2ccc(C)c(-c3cc(C)ccc3C)c2)CC1. The van der Waals surface area contributed by atoms with Crippen molar-refractivity contribution in [3.63, 3.8) is 0 Å². The van der Waals surface area contributed by atoms with Crippen LogP contribution in [0.15, 0.2) is 54.0 Å². The van der Waals surface area contributed by atoms with E-state index in [2.05, 4.69) is 77.2 Å². The number of aryl methyl sites for hydroxylation is 3. The molecule has 1 heteroatoms. The molecule has 0 saturated heterocycles. The van der Waals surface area contributed by atoms with Crippen LogP contribution in [0.25, 0.3) is 16.7 Å². The zero-order valence-corrected chi connectivity index (χ0v) is 14.0. The molecule has 110 valence electrons. The molecule has 0 bridgehead atoms. The summed E-state index contributed by atoms with van der Waals surface area (Å²) in [5.41, 5.74) is 11.0. The molecule has 2 aromatic carbocycles. The molecule has 1 aliphatic carbocycles. The molecule has 0 radical (unpaired) electrons. The monoisotopic (exact) mass is 286 g/mol. The van der Waals surface area contributed by atoms with Crippen LogP contribution >= 0.6 is 0 Å². The number of rotatable bonds is 2. The smallest absolute Gasteiger partial charge is 0.110 e. The summed E-state index contributed by atoms with van der Waals surface area (Å²) in [4.78, 5) is 0. The lowest BCUT2D eigenvalue weighted by Crippen LogP contribution is -1.95. The second kappa shape index (κ2) is 6.00. The van der Waals surface area contributed by atoms with E-state index in [1.54, 1.807) is 0 Å². The minimum atomic E-state index is 1.15. The lowest BCUT2D eigenvalue weighted by Gasteiger charge is -2.16. The van der Waals surface area contributed by atoms with Gasteiger partial charge in [0, 0.05) is 0 Å². The molecule has 0 saturated carbocycles. The molecule has 0 heterocycles. The maximum atomic E-state index is 2.37. The van der Waals surface area contributed by atoms with E-state index in [9.17, 15) is 0 Å². The second-order valence-electron chi connectivity index (χ2n) is 6.55. The van der Waals surface area contributed by atoms with Gasteiger partial charge in [0.1, 0.15) is 7.85 Å². The van der Waals surface area contributed by atoms with Crippen LogP contribution < -0.4 is 0 Å². The van der Waals surface area contributed by atoms with Crippen molar-refractivity contribution < 1.29 is 0 Å². The highest BCUT2D eigenvalue weighted by molar-refractivity contribution is 6.22. The Balaban J connectivity index is 2.10. The van der Waals surface area contributed by atoms with Crippen LogP contribution in [-0.4, -0.2) is 7.85 Å². The molecule has 1 aliphatic rings. The van der Waals surface area contributed by atoms with Crippen LogP contribution in [0.1, 0.15) is 35.1 Å². The Hall–Kier alpha value is -2.02. The predicted octanol–water partition coefficient (Wildman–Crippen LogP) is 4.97. The van der Waals surface area contributed by atoms with E-state index in [1.165, 1.54) is 50.8 Å². The Morgan fingerprint density at radius 3 is 2.14 bits per heavy atom. The van der Waals surface area contributed by atoms with Crippen LogP contribution in [0.5, 0.6) is 0 Å². The van der Waals surface area contributed by atoms with E-state index in [0.29, 0.717) is 0 Å². The average molecular weight is 286 g/mol. The van der Waals surface area contributed by atoms with Crippen molar-refractivity contribution in [1.29, 1.82) is 0 Å². The fraction of sp³-hybridized carbons (Fsp3) is 0.238. The van der Waals surface area contributed by atoms with Gasteiger partial charge in [0.2, 0.25) is 0 Å². The van der Waals surface area contributed by atoms with Gasteiger partial charge in [-0.1, -0.05) is 48.0 Å². The molecular weight excluding hydrogens is 263 g/mol. The van der Waals surface area contributed by atoms with E-state index >= 15 is 0 Å². The lowest BCUT2D eigenvalue weighted by molar-refractivity contribution is 1.03. The molecule has 0 unspecified atom stereocenters. The first-order valence-corrected chi connectivity index (χ1v) is 8.09. The van der Waals surface area contributed by atoms with Gasteiger partial charge < -0.3 is 0 Å². The summed E-state index contributed by atoms with van der Waals surface area (Å²) in [6.07, 6.45) is 6.88. The molecule has 0 nitrogen and oxygen atoms in total. The first-order valence-electron chi connectivity index (χ1n) is 8.09. The molecule has 0 aliphatic heterocycles. The van der Waals surface area contributed by atoms with E-state index in [4.69, 9.17) is 0 Å². The molecule has 22 heavy (non-hydrogen) atoms. The highest BCUT2D eigenvalue weighted by Crippen LogP contribution is 2.33. The zero-order valence-electron chi connectivity index (χ0n) is 14.0.